The fraction of sp³-hybridized carbons (Fsp3) is 0.273. The van der Waals surface area contributed by atoms with Crippen LogP contribution in [0.4, 0.5) is 8.78 Å². The molecular weight excluding hydrogens is 556 g/mol. The van der Waals surface area contributed by atoms with E-state index in [0.717, 1.165) is 41.1 Å². The van der Waals surface area contributed by atoms with Gasteiger partial charge in [-0.15, -0.1) is 0 Å². The topological polar surface area (TPSA) is 79.4 Å². The molecule has 6 rings (SSSR count). The summed E-state index contributed by atoms with van der Waals surface area (Å²) in [6, 6.07) is 16.3. The van der Waals surface area contributed by atoms with Crippen LogP contribution in [0.1, 0.15) is 42.1 Å². The van der Waals surface area contributed by atoms with Crippen LogP contribution >= 0.6 is 0 Å². The van der Waals surface area contributed by atoms with Crippen molar-refractivity contribution in [3.63, 3.8) is 0 Å². The Labute approximate surface area is 244 Å². The number of nitrogens with zero attached hydrogens (tertiary/aromatic N) is 2. The molecule has 6 nitrogen and oxygen atoms in total. The molecule has 2 aromatic carbocycles. The lowest BCUT2D eigenvalue weighted by molar-refractivity contribution is -0.131. The van der Waals surface area contributed by atoms with Crippen LogP contribution in [0.3, 0.4) is 0 Å². The first-order chi connectivity index (χ1) is 20.2. The van der Waals surface area contributed by atoms with Gasteiger partial charge in [0.15, 0.2) is 0 Å². The van der Waals surface area contributed by atoms with E-state index < -0.39 is 21.9 Å². The monoisotopic (exact) mass is 587 g/mol. The lowest BCUT2D eigenvalue weighted by Crippen LogP contribution is -2.35. The van der Waals surface area contributed by atoms with Crippen molar-refractivity contribution in [2.75, 3.05) is 0 Å². The molecule has 1 heterocycles. The number of aromatic nitrogens is 1. The fourth-order valence-corrected chi connectivity index (χ4v) is 7.18. The number of hydrogen-bond donors (Lipinski definition) is 1. The molecule has 3 aromatic rings. The zero-order chi connectivity index (χ0) is 29.4. The molecule has 0 radical (unpaired) electrons. The summed E-state index contributed by atoms with van der Waals surface area (Å²) in [6.45, 7) is 2.16. The summed E-state index contributed by atoms with van der Waals surface area (Å²) in [4.78, 5) is 20.4. The van der Waals surface area contributed by atoms with Crippen molar-refractivity contribution in [1.82, 2.24) is 14.6 Å². The Morgan fingerprint density at radius 3 is 2.43 bits per heavy atom. The minimum absolute atomic E-state index is 0.00391. The molecule has 0 saturated heterocycles. The highest BCUT2D eigenvalue weighted by molar-refractivity contribution is 7.89. The van der Waals surface area contributed by atoms with Gasteiger partial charge in [-0.05, 0) is 104 Å². The second-order valence-corrected chi connectivity index (χ2v) is 12.8. The lowest BCUT2D eigenvalue weighted by Gasteiger charge is -2.25. The molecule has 216 valence electrons. The molecule has 1 amide bonds. The van der Waals surface area contributed by atoms with Crippen molar-refractivity contribution in [3.8, 4) is 0 Å². The van der Waals surface area contributed by atoms with Crippen LogP contribution in [-0.4, -0.2) is 30.3 Å². The van der Waals surface area contributed by atoms with Gasteiger partial charge in [0.2, 0.25) is 15.9 Å². The van der Waals surface area contributed by atoms with E-state index in [1.165, 1.54) is 24.3 Å². The average molecular weight is 588 g/mol. The van der Waals surface area contributed by atoms with Crippen LogP contribution < -0.4 is 4.72 Å². The Morgan fingerprint density at radius 2 is 1.71 bits per heavy atom. The van der Waals surface area contributed by atoms with Gasteiger partial charge >= 0.3 is 0 Å². The molecule has 4 atom stereocenters. The van der Waals surface area contributed by atoms with Gasteiger partial charge < -0.3 is 4.90 Å². The first-order valence-electron chi connectivity index (χ1n) is 14.1. The molecule has 4 unspecified atom stereocenters. The highest BCUT2D eigenvalue weighted by Gasteiger charge is 2.46. The van der Waals surface area contributed by atoms with E-state index in [2.05, 4.69) is 9.71 Å². The molecule has 0 aliphatic heterocycles. The number of halogens is 2. The van der Waals surface area contributed by atoms with Crippen molar-refractivity contribution in [3.05, 3.63) is 131 Å². The van der Waals surface area contributed by atoms with Crippen LogP contribution in [-0.2, 0) is 21.4 Å². The minimum atomic E-state index is -3.89. The quantitative estimate of drug-likeness (QED) is 0.354. The van der Waals surface area contributed by atoms with E-state index in [9.17, 15) is 22.0 Å². The number of fused-ring (bicyclic) bond motifs is 1. The summed E-state index contributed by atoms with van der Waals surface area (Å²) in [6.07, 6.45) is 9.80. The molecule has 2 saturated carbocycles. The number of sulfonamides is 1. The van der Waals surface area contributed by atoms with E-state index in [4.69, 9.17) is 0 Å². The molecular formula is C33H31F2N3O3S. The predicted octanol–water partition coefficient (Wildman–Crippen LogP) is 5.94. The van der Waals surface area contributed by atoms with Gasteiger partial charge in [0.05, 0.1) is 17.1 Å². The van der Waals surface area contributed by atoms with Gasteiger partial charge in [-0.25, -0.2) is 21.9 Å². The Kier molecular flexibility index (Phi) is 7.64. The number of aryl methyl sites for hydroxylation is 1. The number of pyridine rings is 1. The number of amides is 1. The Bertz CT molecular complexity index is 1700. The highest BCUT2D eigenvalue weighted by atomic mass is 32.2. The molecule has 0 spiro atoms. The maximum absolute atomic E-state index is 14.1. The Hall–Kier alpha value is -3.95. The molecule has 1 N–H and O–H groups in total. The van der Waals surface area contributed by atoms with Crippen molar-refractivity contribution >= 4 is 15.9 Å². The summed E-state index contributed by atoms with van der Waals surface area (Å²) in [5.41, 5.74) is 4.06. The van der Waals surface area contributed by atoms with Gasteiger partial charge in [0, 0.05) is 29.3 Å². The van der Waals surface area contributed by atoms with Gasteiger partial charge in [0.25, 0.3) is 0 Å². The smallest absolute Gasteiger partial charge is 0.241 e. The number of nitrogens with one attached hydrogen (secondary N) is 1. The summed E-state index contributed by atoms with van der Waals surface area (Å²) >= 11 is 0. The number of hydrogen-bond acceptors (Lipinski definition) is 4. The molecule has 42 heavy (non-hydrogen) atoms. The highest BCUT2D eigenvalue weighted by Crippen LogP contribution is 2.49. The van der Waals surface area contributed by atoms with Crippen molar-refractivity contribution in [1.29, 1.82) is 0 Å². The summed E-state index contributed by atoms with van der Waals surface area (Å²) in [7, 11) is -3.89. The second kappa shape index (κ2) is 11.4. The van der Waals surface area contributed by atoms with E-state index in [0.29, 0.717) is 18.5 Å². The number of rotatable bonds is 8. The average Bonchev–Trinajstić information content (AvgIpc) is 3.72. The zero-order valence-corrected chi connectivity index (χ0v) is 23.9. The molecule has 3 aliphatic rings. The van der Waals surface area contributed by atoms with E-state index in [1.807, 2.05) is 49.4 Å². The van der Waals surface area contributed by atoms with Crippen LogP contribution in [0.5, 0.6) is 0 Å². The number of allylic oxidation sites excluding steroid dienone is 4. The number of carbonyl (C=O) groups excluding carboxylic acids is 1. The first-order valence-corrected chi connectivity index (χ1v) is 15.5. The predicted molar refractivity (Wildman–Crippen MR) is 155 cm³/mol. The van der Waals surface area contributed by atoms with Crippen LogP contribution in [0, 0.1) is 30.4 Å². The SMILES string of the molecule is Cc1cccc(CN(C(=O)C2CC2c2ccc(F)cc2)C2=CC=CC3CCC(NS(=O)(=O)c4ccc(F)cc4)C3=C2)n1. The largest absolute Gasteiger partial charge is 0.306 e. The standard InChI is InChI=1S/C33H31F2N3O3S/c1-21-4-2-6-26(36-21)20-38(33(39)31-19-29(31)23-8-11-24(34)12-9-23)27-7-3-5-22-10-17-32(30(22)18-27)37-42(40,41)28-15-13-25(35)14-16-28/h2-9,11-16,18,22,29,31-32,37H,10,17,19-20H2,1H3. The Morgan fingerprint density at radius 1 is 1.00 bits per heavy atom. The van der Waals surface area contributed by atoms with Gasteiger partial charge in [-0.2, -0.15) is 0 Å². The third-order valence-corrected chi connectivity index (χ3v) is 9.68. The molecule has 0 bridgehead atoms. The van der Waals surface area contributed by atoms with Crippen LogP contribution in [0.15, 0.2) is 107 Å². The lowest BCUT2D eigenvalue weighted by atomic mass is 10.0. The summed E-state index contributed by atoms with van der Waals surface area (Å²) < 4.78 is 56.0. The second-order valence-electron chi connectivity index (χ2n) is 11.1. The molecule has 9 heteroatoms. The van der Waals surface area contributed by atoms with Gasteiger partial charge in [0.1, 0.15) is 11.6 Å². The Balaban J connectivity index is 1.30. The van der Waals surface area contributed by atoms with Crippen LogP contribution in [0.2, 0.25) is 0 Å². The molecule has 2 fully saturated rings. The zero-order valence-electron chi connectivity index (χ0n) is 23.1. The summed E-state index contributed by atoms with van der Waals surface area (Å²) in [5.74, 6) is -1.10. The van der Waals surface area contributed by atoms with Crippen molar-refractivity contribution < 1.29 is 22.0 Å². The molecule has 1 aromatic heterocycles. The van der Waals surface area contributed by atoms with Gasteiger partial charge in [-0.3, -0.25) is 9.78 Å². The third kappa shape index (κ3) is 5.98. The first kappa shape index (κ1) is 28.2. The third-order valence-electron chi connectivity index (χ3n) is 8.19. The van der Waals surface area contributed by atoms with E-state index >= 15 is 0 Å². The van der Waals surface area contributed by atoms with E-state index in [1.54, 1.807) is 17.0 Å². The molecule has 3 aliphatic carbocycles. The van der Waals surface area contributed by atoms with Crippen molar-refractivity contribution in [2.24, 2.45) is 11.8 Å². The fourth-order valence-electron chi connectivity index (χ4n) is 5.92. The number of carbonyl (C=O) groups is 1. The number of benzene rings is 2. The van der Waals surface area contributed by atoms with Gasteiger partial charge in [-0.1, -0.05) is 30.4 Å². The van der Waals surface area contributed by atoms with Crippen molar-refractivity contribution in [2.45, 2.75) is 49.6 Å². The maximum Gasteiger partial charge on any atom is 0.241 e. The van der Waals surface area contributed by atoms with Crippen LogP contribution in [0.25, 0.3) is 0 Å². The summed E-state index contributed by atoms with van der Waals surface area (Å²) in [5, 5.41) is 0. The maximum atomic E-state index is 14.1. The van der Waals surface area contributed by atoms with E-state index in [-0.39, 0.29) is 40.9 Å². The minimum Gasteiger partial charge on any atom is -0.306 e. The normalized spacial score (nSPS) is 23.0.